The summed E-state index contributed by atoms with van der Waals surface area (Å²) in [6, 6.07) is 16.6. The number of Topliss-reactive ketones (excluding diaryl/α,β-unsaturated/α-hetero) is 2. The minimum Gasteiger partial charge on any atom is -0.493 e. The lowest BCUT2D eigenvalue weighted by molar-refractivity contribution is -0.125. The number of fused-ring (bicyclic) bond motifs is 4. The van der Waals surface area contributed by atoms with Gasteiger partial charge in [-0.3, -0.25) is 42.5 Å². The van der Waals surface area contributed by atoms with Gasteiger partial charge in [0.15, 0.2) is 23.1 Å². The Morgan fingerprint density at radius 3 is 1.46 bits per heavy atom. The van der Waals surface area contributed by atoms with Crippen molar-refractivity contribution in [3.8, 4) is 11.5 Å². The maximum atomic E-state index is 13.1. The number of allylic oxidation sites excluding steroid dienone is 3. The number of methoxy groups -OCH3 is 2. The number of amides is 1. The summed E-state index contributed by atoms with van der Waals surface area (Å²) in [5.41, 5.74) is 3.54. The molecule has 71 heavy (non-hydrogen) atoms. The highest BCUT2D eigenvalue weighted by Crippen LogP contribution is 2.33. The van der Waals surface area contributed by atoms with Crippen molar-refractivity contribution in [1.29, 1.82) is 0 Å². The molecule has 2 aliphatic carbocycles. The number of aromatic nitrogens is 6. The van der Waals surface area contributed by atoms with Gasteiger partial charge in [-0.2, -0.15) is 0 Å². The second-order valence-corrected chi connectivity index (χ2v) is 18.6. The van der Waals surface area contributed by atoms with Crippen LogP contribution in [0.4, 0.5) is 0 Å². The molecule has 2 saturated carbocycles. The van der Waals surface area contributed by atoms with Crippen LogP contribution in [0.15, 0.2) is 112 Å². The second-order valence-electron chi connectivity index (χ2n) is 17.8. The van der Waals surface area contributed by atoms with Gasteiger partial charge in [-0.05, 0) is 100 Å². The lowest BCUT2D eigenvalue weighted by Gasteiger charge is -2.26. The maximum absolute atomic E-state index is 13.1. The van der Waals surface area contributed by atoms with Gasteiger partial charge < -0.3 is 14.8 Å². The van der Waals surface area contributed by atoms with Crippen molar-refractivity contribution >= 4 is 84.2 Å². The number of nitrogens with one attached hydrogen (secondary N) is 1. The Morgan fingerprint density at radius 2 is 0.972 bits per heavy atom. The number of hydrogen-bond donors (Lipinski definition) is 1. The van der Waals surface area contributed by atoms with Crippen LogP contribution in [0.3, 0.4) is 0 Å². The number of carbonyl (C=O) groups excluding carboxylic acids is 3. The Balaban J connectivity index is 0.000000156. The van der Waals surface area contributed by atoms with Crippen LogP contribution in [0, 0.1) is 20.8 Å². The van der Waals surface area contributed by atoms with Crippen LogP contribution in [-0.2, 0) is 14.4 Å². The minimum absolute atomic E-state index is 0. The van der Waals surface area contributed by atoms with E-state index in [-0.39, 0.29) is 46.6 Å². The third-order valence-corrected chi connectivity index (χ3v) is 13.8. The van der Waals surface area contributed by atoms with Crippen LogP contribution in [0.1, 0.15) is 94.4 Å². The van der Waals surface area contributed by atoms with Gasteiger partial charge in [-0.1, -0.05) is 85.8 Å². The van der Waals surface area contributed by atoms with E-state index in [4.69, 9.17) is 32.7 Å². The standard InChI is InChI=1S/C20H18N2O2.C18H20N2O4.C15H13Cl2N3O2.CH4/c1-12-7-8-18(19(23)9-12)22-13(2)21-17-11-15-6-4-3-5-14(15)10-16(17)20(22)24;1-10-5-6-14(15(21)7-10)20-11(2)19-13-9-17(24-4)16(23-3)8-12(13)18(20)22;1-7-3-4-13(14(21)18-7)20-8(2)19-12-6-11(17)10(16)5-9(12)15(20)22;/h3-6,10-11,18H,1,7-9H2,2H3;8-9,14H,1,5-7H2,2-4H3;5-6,13H,1,3-4H2,2H3,(H,18,21);1H4. The number of piperidine rings is 1. The maximum Gasteiger partial charge on any atom is 0.262 e. The Kier molecular flexibility index (Phi) is 15.3. The summed E-state index contributed by atoms with van der Waals surface area (Å²) in [7, 11) is 3.05. The highest BCUT2D eigenvalue weighted by Gasteiger charge is 2.31. The fourth-order valence-corrected chi connectivity index (χ4v) is 9.83. The topological polar surface area (TPSA) is 186 Å². The van der Waals surface area contributed by atoms with E-state index in [0.717, 1.165) is 34.8 Å². The molecule has 10 rings (SSSR count). The van der Waals surface area contributed by atoms with Crippen LogP contribution < -0.4 is 31.5 Å². The summed E-state index contributed by atoms with van der Waals surface area (Å²) in [5, 5.41) is 6.68. The zero-order valence-electron chi connectivity index (χ0n) is 39.5. The third kappa shape index (κ3) is 10.2. The van der Waals surface area contributed by atoms with E-state index in [2.05, 4.69) is 40.0 Å². The molecule has 4 aromatic carbocycles. The molecule has 0 bridgehead atoms. The van der Waals surface area contributed by atoms with E-state index in [0.29, 0.717) is 111 Å². The van der Waals surface area contributed by atoms with Gasteiger partial charge >= 0.3 is 0 Å². The number of carbonyl (C=O) groups is 3. The molecule has 1 N–H and O–H groups in total. The van der Waals surface area contributed by atoms with Crippen molar-refractivity contribution in [2.24, 2.45) is 0 Å². The van der Waals surface area contributed by atoms with Crippen LogP contribution in [0.2, 0.25) is 10.0 Å². The highest BCUT2D eigenvalue weighted by atomic mass is 35.5. The molecule has 4 heterocycles. The quantitative estimate of drug-likeness (QED) is 0.128. The van der Waals surface area contributed by atoms with Crippen LogP contribution >= 0.6 is 23.2 Å². The average Bonchev–Trinajstić information content (AvgIpc) is 3.31. The van der Waals surface area contributed by atoms with Crippen molar-refractivity contribution in [3.63, 3.8) is 0 Å². The van der Waals surface area contributed by atoms with Crippen LogP contribution in [0.25, 0.3) is 43.5 Å². The highest BCUT2D eigenvalue weighted by molar-refractivity contribution is 6.42. The molecule has 1 amide bonds. The van der Waals surface area contributed by atoms with E-state index >= 15 is 0 Å². The number of nitrogens with zero attached hydrogens (tertiary/aromatic N) is 6. The van der Waals surface area contributed by atoms with Gasteiger partial charge in [0.2, 0.25) is 5.91 Å². The molecule has 1 aliphatic heterocycles. The molecule has 3 fully saturated rings. The monoisotopic (exact) mass is 999 g/mol. The Bertz CT molecular complexity index is 3580. The number of aryl methyl sites for hydroxylation is 3. The van der Waals surface area contributed by atoms with Gasteiger partial charge in [-0.25, -0.2) is 15.0 Å². The van der Waals surface area contributed by atoms with Crippen molar-refractivity contribution in [2.45, 2.75) is 97.7 Å². The molecule has 7 aromatic rings. The predicted octanol–water partition coefficient (Wildman–Crippen LogP) is 9.89. The molecule has 1 saturated heterocycles. The van der Waals surface area contributed by atoms with Crippen molar-refractivity contribution < 1.29 is 23.9 Å². The molecule has 3 atom stereocenters. The number of halogens is 2. The van der Waals surface area contributed by atoms with E-state index in [9.17, 15) is 28.8 Å². The van der Waals surface area contributed by atoms with E-state index in [1.165, 1.54) is 29.4 Å². The molecular formula is C54H55Cl2N7O8. The third-order valence-electron chi connectivity index (χ3n) is 13.0. The zero-order valence-corrected chi connectivity index (χ0v) is 41.0. The Labute approximate surface area is 419 Å². The number of benzene rings is 4. The Morgan fingerprint density at radius 1 is 0.563 bits per heavy atom. The van der Waals surface area contributed by atoms with Crippen molar-refractivity contribution in [3.05, 3.63) is 156 Å². The van der Waals surface area contributed by atoms with Gasteiger partial charge in [0.25, 0.3) is 16.7 Å². The van der Waals surface area contributed by atoms with E-state index in [1.807, 2.05) is 36.4 Å². The molecule has 0 radical (unpaired) electrons. The molecule has 3 aromatic heterocycles. The summed E-state index contributed by atoms with van der Waals surface area (Å²) < 4.78 is 15.0. The molecular weight excluding hydrogens is 946 g/mol. The SMILES string of the molecule is C.C=C1CCC(n2c(C)nc3cc(Cl)c(Cl)cc3c2=O)C(=O)N1.C=C1CCC(n2c(C)nc3cc(OC)c(OC)cc3c2=O)C(=O)C1.C=C1CCC(n2c(C)nc3cc4ccccc4cc3c2=O)C(=O)C1. The van der Waals surface area contributed by atoms with Crippen LogP contribution in [0.5, 0.6) is 11.5 Å². The molecule has 368 valence electrons. The second kappa shape index (κ2) is 21.0. The first-order valence-corrected chi connectivity index (χ1v) is 23.5. The van der Waals surface area contributed by atoms with E-state index in [1.54, 1.807) is 43.5 Å². The fraction of sp³-hybridized carbons (Fsp3) is 0.315. The minimum atomic E-state index is -0.593. The van der Waals surface area contributed by atoms with Gasteiger partial charge in [0.1, 0.15) is 23.5 Å². The number of ketones is 2. The predicted molar refractivity (Wildman–Crippen MR) is 279 cm³/mol. The molecule has 0 spiro atoms. The van der Waals surface area contributed by atoms with Crippen molar-refractivity contribution in [2.75, 3.05) is 14.2 Å². The van der Waals surface area contributed by atoms with Gasteiger partial charge in [0.05, 0.1) is 69.1 Å². The summed E-state index contributed by atoms with van der Waals surface area (Å²) in [6.45, 7) is 16.8. The number of hydrogen-bond acceptors (Lipinski definition) is 11. The number of ether oxygens (including phenoxy) is 2. The van der Waals surface area contributed by atoms with Gasteiger partial charge in [0, 0.05) is 24.6 Å². The number of rotatable bonds is 5. The summed E-state index contributed by atoms with van der Waals surface area (Å²) in [5.74, 6) is 2.36. The lowest BCUT2D eigenvalue weighted by Crippen LogP contribution is -2.41. The largest absolute Gasteiger partial charge is 0.493 e. The zero-order chi connectivity index (χ0) is 50.3. The smallest absolute Gasteiger partial charge is 0.262 e. The summed E-state index contributed by atoms with van der Waals surface area (Å²) in [4.78, 5) is 89.3. The first kappa shape index (κ1) is 51.6. The van der Waals surface area contributed by atoms with Crippen molar-refractivity contribution in [1.82, 2.24) is 34.0 Å². The summed E-state index contributed by atoms with van der Waals surface area (Å²) >= 11 is 12.0. The molecule has 15 nitrogen and oxygen atoms in total. The van der Waals surface area contributed by atoms with Crippen LogP contribution in [-0.4, -0.2) is 60.3 Å². The molecule has 17 heteroatoms. The first-order valence-electron chi connectivity index (χ1n) is 22.7. The molecule has 3 unspecified atom stereocenters. The average molecular weight is 1000 g/mol. The first-order chi connectivity index (χ1) is 33.4. The van der Waals surface area contributed by atoms with E-state index < -0.39 is 18.1 Å². The van der Waals surface area contributed by atoms with Gasteiger partial charge in [-0.15, -0.1) is 0 Å². The fourth-order valence-electron chi connectivity index (χ4n) is 9.50. The lowest BCUT2D eigenvalue weighted by atomic mass is 9.90. The summed E-state index contributed by atoms with van der Waals surface area (Å²) in [6.07, 6.45) is 4.54. The Hall–Kier alpha value is -7.23. The normalized spacial score (nSPS) is 18.1. The molecule has 3 aliphatic rings.